The number of ketones is 1. The Morgan fingerprint density at radius 3 is 2.84 bits per heavy atom. The first kappa shape index (κ1) is 19.4. The minimum Gasteiger partial charge on any atom is -0.458 e. The first-order chi connectivity index (χ1) is 14.8. The first-order valence-corrected chi connectivity index (χ1v) is 10.1. The number of ether oxygens (including phenoxy) is 1. The monoisotopic (exact) mass is 416 g/mol. The van der Waals surface area contributed by atoms with Crippen LogP contribution in [0.25, 0.3) is 28.4 Å². The second-order valence-electron chi connectivity index (χ2n) is 8.00. The van der Waals surface area contributed by atoms with E-state index in [9.17, 15) is 19.5 Å². The third kappa shape index (κ3) is 2.84. The van der Waals surface area contributed by atoms with E-state index in [1.165, 1.54) is 13.0 Å². The fourth-order valence-corrected chi connectivity index (χ4v) is 4.32. The average molecular weight is 416 g/mol. The Bertz CT molecular complexity index is 1380. The topological polar surface area (TPSA) is 98.5 Å². The van der Waals surface area contributed by atoms with E-state index in [0.29, 0.717) is 29.1 Å². The molecule has 5 rings (SSSR count). The summed E-state index contributed by atoms with van der Waals surface area (Å²) >= 11 is 0. The van der Waals surface area contributed by atoms with Gasteiger partial charge in [0.05, 0.1) is 29.0 Å². The summed E-state index contributed by atoms with van der Waals surface area (Å²) in [5, 5.41) is 11.8. The highest BCUT2D eigenvalue weighted by Gasteiger charge is 2.45. The quantitative estimate of drug-likeness (QED) is 0.407. The lowest BCUT2D eigenvalue weighted by Crippen LogP contribution is -2.44. The molecule has 0 fully saturated rings. The molecule has 0 saturated heterocycles. The van der Waals surface area contributed by atoms with Gasteiger partial charge < -0.3 is 14.4 Å². The van der Waals surface area contributed by atoms with Crippen molar-refractivity contribution in [3.05, 3.63) is 69.0 Å². The van der Waals surface area contributed by atoms with Crippen LogP contribution >= 0.6 is 0 Å². The molecule has 0 amide bonds. The molecule has 1 atom stereocenters. The Balaban J connectivity index is 1.68. The average Bonchev–Trinajstić information content (AvgIpc) is 3.11. The van der Waals surface area contributed by atoms with Gasteiger partial charge in [0.1, 0.15) is 6.61 Å². The lowest BCUT2D eigenvalue weighted by molar-refractivity contribution is -0.172. The maximum absolute atomic E-state index is 13.2. The Morgan fingerprint density at radius 1 is 1.29 bits per heavy atom. The molecule has 1 aromatic carbocycles. The molecule has 0 bridgehead atoms. The van der Waals surface area contributed by atoms with E-state index in [0.717, 1.165) is 22.0 Å². The van der Waals surface area contributed by atoms with Crippen LogP contribution in [-0.2, 0) is 33.1 Å². The fraction of sp³-hybridized carbons (Fsp3) is 0.250. The summed E-state index contributed by atoms with van der Waals surface area (Å²) in [6.07, 6.45) is 3.38. The summed E-state index contributed by atoms with van der Waals surface area (Å²) in [5.41, 5.74) is 2.27. The van der Waals surface area contributed by atoms with Crippen molar-refractivity contribution in [1.29, 1.82) is 0 Å². The number of pyridine rings is 2. The molecule has 0 unspecified atom stereocenters. The number of nitrogens with zero attached hydrogens (tertiary/aromatic N) is 2. The maximum atomic E-state index is 13.2. The van der Waals surface area contributed by atoms with Gasteiger partial charge in [-0.25, -0.2) is 9.78 Å². The molecular weight excluding hydrogens is 396 g/mol. The van der Waals surface area contributed by atoms with Crippen LogP contribution in [0.3, 0.4) is 0 Å². The van der Waals surface area contributed by atoms with Gasteiger partial charge in [-0.2, -0.15) is 0 Å². The number of benzene rings is 1. The molecule has 0 aliphatic carbocycles. The predicted octanol–water partition coefficient (Wildman–Crippen LogP) is 2.68. The Kier molecular flexibility index (Phi) is 4.20. The molecule has 156 valence electrons. The van der Waals surface area contributed by atoms with Gasteiger partial charge in [0, 0.05) is 16.5 Å². The van der Waals surface area contributed by atoms with Crippen molar-refractivity contribution in [2.75, 3.05) is 0 Å². The highest BCUT2D eigenvalue weighted by molar-refractivity contribution is 5.93. The standard InChI is InChI=1S/C24H20N2O5/c1-3-24(30)18-10-20-21-16(11-26(20)22(28)17(18)12-31-23(24)29)9-15-8-14(5-4-13(2)27)6-7-19(15)25-21/h4-10,30H,3,11-12H2,1-2H3/t24-/m0/s1. The number of esters is 1. The molecule has 0 spiro atoms. The minimum absolute atomic E-state index is 0.0273. The van der Waals surface area contributed by atoms with Gasteiger partial charge in [-0.1, -0.05) is 19.1 Å². The van der Waals surface area contributed by atoms with Gasteiger partial charge in [-0.15, -0.1) is 0 Å². The number of carbonyl (C=O) groups excluding carboxylic acids is 2. The summed E-state index contributed by atoms with van der Waals surface area (Å²) in [4.78, 5) is 41.4. The number of aliphatic hydroxyl groups is 1. The van der Waals surface area contributed by atoms with Crippen LogP contribution in [0.1, 0.15) is 42.5 Å². The summed E-state index contributed by atoms with van der Waals surface area (Å²) in [6.45, 7) is 3.39. The fourth-order valence-electron chi connectivity index (χ4n) is 4.32. The molecular formula is C24H20N2O5. The zero-order valence-electron chi connectivity index (χ0n) is 17.1. The van der Waals surface area contributed by atoms with Crippen LogP contribution in [0, 0.1) is 0 Å². The van der Waals surface area contributed by atoms with E-state index in [2.05, 4.69) is 0 Å². The van der Waals surface area contributed by atoms with E-state index in [4.69, 9.17) is 9.72 Å². The molecule has 2 aromatic heterocycles. The Hall–Kier alpha value is -3.58. The molecule has 4 heterocycles. The molecule has 0 radical (unpaired) electrons. The van der Waals surface area contributed by atoms with Gasteiger partial charge >= 0.3 is 5.97 Å². The number of hydrogen-bond donors (Lipinski definition) is 1. The van der Waals surface area contributed by atoms with Crippen molar-refractivity contribution in [3.8, 4) is 11.4 Å². The second-order valence-corrected chi connectivity index (χ2v) is 8.00. The predicted molar refractivity (Wildman–Crippen MR) is 114 cm³/mol. The summed E-state index contributed by atoms with van der Waals surface area (Å²) in [6, 6.07) is 9.38. The molecule has 31 heavy (non-hydrogen) atoms. The maximum Gasteiger partial charge on any atom is 0.343 e. The highest BCUT2D eigenvalue weighted by Crippen LogP contribution is 2.38. The Morgan fingerprint density at radius 2 is 2.10 bits per heavy atom. The smallest absolute Gasteiger partial charge is 0.343 e. The third-order valence-corrected chi connectivity index (χ3v) is 6.04. The van der Waals surface area contributed by atoms with Crippen LogP contribution in [0.4, 0.5) is 0 Å². The SMILES string of the molecule is CC[C@@]1(O)C(=O)OCc2c1cc1n(c2=O)Cc2cc3cc(C=CC(C)=O)ccc3nc2-1. The largest absolute Gasteiger partial charge is 0.458 e. The van der Waals surface area contributed by atoms with Gasteiger partial charge in [0.25, 0.3) is 5.56 Å². The number of aromatic nitrogens is 2. The van der Waals surface area contributed by atoms with Crippen LogP contribution in [-0.4, -0.2) is 26.4 Å². The van der Waals surface area contributed by atoms with Crippen LogP contribution in [0.15, 0.2) is 41.2 Å². The number of cyclic esters (lactones) is 1. The van der Waals surface area contributed by atoms with Crippen molar-refractivity contribution < 1.29 is 19.4 Å². The number of carbonyl (C=O) groups is 2. The molecule has 0 saturated carbocycles. The molecule has 2 aliphatic rings. The van der Waals surface area contributed by atoms with Crippen molar-refractivity contribution in [3.63, 3.8) is 0 Å². The van der Waals surface area contributed by atoms with Gasteiger partial charge in [0.15, 0.2) is 11.4 Å². The molecule has 2 aliphatic heterocycles. The third-order valence-electron chi connectivity index (χ3n) is 6.04. The van der Waals surface area contributed by atoms with E-state index >= 15 is 0 Å². The second kappa shape index (κ2) is 6.72. The van der Waals surface area contributed by atoms with Crippen molar-refractivity contribution in [2.45, 2.75) is 39.0 Å². The van der Waals surface area contributed by atoms with Gasteiger partial charge in [-0.3, -0.25) is 9.59 Å². The minimum atomic E-state index is -1.83. The zero-order chi connectivity index (χ0) is 21.9. The van der Waals surface area contributed by atoms with Crippen LogP contribution in [0.5, 0.6) is 0 Å². The van der Waals surface area contributed by atoms with Crippen molar-refractivity contribution >= 4 is 28.7 Å². The van der Waals surface area contributed by atoms with E-state index in [1.54, 1.807) is 23.6 Å². The highest BCUT2D eigenvalue weighted by atomic mass is 16.6. The lowest BCUT2D eigenvalue weighted by atomic mass is 9.86. The number of hydrogen-bond acceptors (Lipinski definition) is 6. The van der Waals surface area contributed by atoms with Crippen LogP contribution in [0.2, 0.25) is 0 Å². The molecule has 3 aromatic rings. The number of rotatable bonds is 3. The van der Waals surface area contributed by atoms with Crippen molar-refractivity contribution in [2.24, 2.45) is 0 Å². The number of allylic oxidation sites excluding steroid dienone is 1. The van der Waals surface area contributed by atoms with Gasteiger partial charge in [-0.05, 0) is 49.2 Å². The first-order valence-electron chi connectivity index (χ1n) is 10.1. The summed E-state index contributed by atoms with van der Waals surface area (Å²) < 4.78 is 6.71. The van der Waals surface area contributed by atoms with Crippen LogP contribution < -0.4 is 5.56 Å². The van der Waals surface area contributed by atoms with E-state index in [1.807, 2.05) is 24.3 Å². The molecule has 7 nitrogen and oxygen atoms in total. The molecule has 7 heteroatoms. The molecule has 1 N–H and O–H groups in total. The number of fused-ring (bicyclic) bond motifs is 5. The van der Waals surface area contributed by atoms with Crippen molar-refractivity contribution in [1.82, 2.24) is 9.55 Å². The summed E-state index contributed by atoms with van der Waals surface area (Å²) in [5.74, 6) is -0.761. The zero-order valence-corrected chi connectivity index (χ0v) is 17.1. The normalized spacial score (nSPS) is 19.3. The van der Waals surface area contributed by atoms with E-state index < -0.39 is 11.6 Å². The summed E-state index contributed by atoms with van der Waals surface area (Å²) in [7, 11) is 0. The van der Waals surface area contributed by atoms with Gasteiger partial charge in [0.2, 0.25) is 0 Å². The Labute approximate surface area is 177 Å². The van der Waals surface area contributed by atoms with E-state index in [-0.39, 0.29) is 24.4 Å². The lowest BCUT2D eigenvalue weighted by Gasteiger charge is -2.31.